The molecule has 0 bridgehead atoms. The molecule has 0 aromatic heterocycles. The monoisotopic (exact) mass is 260 g/mol. The summed E-state index contributed by atoms with van der Waals surface area (Å²) in [5.74, 6) is -3.31. The smallest absolute Gasteiger partial charge is 0.314 e. The van der Waals surface area contributed by atoms with Crippen LogP contribution in [-0.2, 0) is 9.59 Å². The maximum absolute atomic E-state index is 11.0. The molecular formula is C9H9BrO4. The van der Waals surface area contributed by atoms with Crippen LogP contribution in [0.15, 0.2) is 22.7 Å². The van der Waals surface area contributed by atoms with Crippen LogP contribution in [0.5, 0.6) is 0 Å². The van der Waals surface area contributed by atoms with Crippen molar-refractivity contribution in [3.05, 3.63) is 22.7 Å². The Morgan fingerprint density at radius 2 is 2.07 bits per heavy atom. The third kappa shape index (κ3) is 1.72. The molecule has 1 aliphatic carbocycles. The summed E-state index contributed by atoms with van der Waals surface area (Å²) >= 11 is 3.13. The summed E-state index contributed by atoms with van der Waals surface area (Å²) in [6, 6.07) is 0. The molecule has 0 saturated heterocycles. The summed E-state index contributed by atoms with van der Waals surface area (Å²) in [4.78, 5) is 21.8. The van der Waals surface area contributed by atoms with Crippen LogP contribution in [0.3, 0.4) is 0 Å². The van der Waals surface area contributed by atoms with Gasteiger partial charge in [0.05, 0.1) is 5.92 Å². The molecule has 1 aliphatic rings. The van der Waals surface area contributed by atoms with E-state index in [0.717, 1.165) is 0 Å². The molecule has 76 valence electrons. The van der Waals surface area contributed by atoms with Crippen LogP contribution >= 0.6 is 15.9 Å². The molecule has 2 atom stereocenters. The average Bonchev–Trinajstić information content (AvgIpc) is 2.02. The Morgan fingerprint density at radius 3 is 2.50 bits per heavy atom. The fraction of sp³-hybridized carbons (Fsp3) is 0.333. The number of allylic oxidation sites excluding steroid dienone is 2. The maximum atomic E-state index is 11.0. The molecule has 5 heteroatoms. The summed E-state index contributed by atoms with van der Waals surface area (Å²) in [5, 5.41) is 17.8. The highest BCUT2D eigenvalue weighted by Crippen LogP contribution is 2.37. The second-order valence-corrected chi connectivity index (χ2v) is 4.21. The molecule has 0 heterocycles. The minimum Gasteiger partial charge on any atom is -0.481 e. The number of carboxylic acids is 2. The van der Waals surface area contributed by atoms with Crippen molar-refractivity contribution in [3.63, 3.8) is 0 Å². The minimum absolute atomic E-state index is 0.583. The van der Waals surface area contributed by atoms with Gasteiger partial charge in [-0.3, -0.25) is 9.59 Å². The first-order valence-electron chi connectivity index (χ1n) is 3.90. The Labute approximate surface area is 89.1 Å². The van der Waals surface area contributed by atoms with Gasteiger partial charge in [-0.1, -0.05) is 34.2 Å². The summed E-state index contributed by atoms with van der Waals surface area (Å²) in [6.45, 7) is 1.39. The van der Waals surface area contributed by atoms with E-state index in [4.69, 9.17) is 10.2 Å². The Morgan fingerprint density at radius 1 is 1.50 bits per heavy atom. The molecule has 2 N–H and O–H groups in total. The topological polar surface area (TPSA) is 74.6 Å². The number of carboxylic acid groups (broad SMARTS) is 2. The fourth-order valence-corrected chi connectivity index (χ4v) is 1.97. The number of rotatable bonds is 2. The molecule has 1 rings (SSSR count). The van der Waals surface area contributed by atoms with E-state index < -0.39 is 23.3 Å². The second kappa shape index (κ2) is 3.57. The van der Waals surface area contributed by atoms with Gasteiger partial charge >= 0.3 is 11.9 Å². The Kier molecular flexibility index (Phi) is 2.80. The molecule has 0 aliphatic heterocycles. The van der Waals surface area contributed by atoms with Crippen molar-refractivity contribution in [1.82, 2.24) is 0 Å². The van der Waals surface area contributed by atoms with Crippen LogP contribution in [0.25, 0.3) is 0 Å². The highest BCUT2D eigenvalue weighted by atomic mass is 79.9. The highest BCUT2D eigenvalue weighted by molar-refractivity contribution is 9.11. The molecule has 0 radical (unpaired) electrons. The lowest BCUT2D eigenvalue weighted by atomic mass is 9.74. The fourth-order valence-electron chi connectivity index (χ4n) is 1.35. The van der Waals surface area contributed by atoms with Crippen LogP contribution in [-0.4, -0.2) is 22.2 Å². The SMILES string of the molecule is CC1(C(=O)O)C=C(Br)C=CC1C(=O)O. The van der Waals surface area contributed by atoms with E-state index in [9.17, 15) is 9.59 Å². The first-order chi connectivity index (χ1) is 6.38. The van der Waals surface area contributed by atoms with E-state index in [1.165, 1.54) is 19.1 Å². The number of hydrogen-bond donors (Lipinski definition) is 2. The molecule has 0 aromatic rings. The van der Waals surface area contributed by atoms with Crippen LogP contribution in [0.2, 0.25) is 0 Å². The zero-order chi connectivity index (χ0) is 10.9. The summed E-state index contributed by atoms with van der Waals surface area (Å²) in [7, 11) is 0. The third-order valence-electron chi connectivity index (χ3n) is 2.26. The van der Waals surface area contributed by atoms with Gasteiger partial charge < -0.3 is 10.2 Å². The second-order valence-electron chi connectivity index (χ2n) is 3.29. The van der Waals surface area contributed by atoms with Crippen LogP contribution < -0.4 is 0 Å². The van der Waals surface area contributed by atoms with Crippen molar-refractivity contribution < 1.29 is 19.8 Å². The van der Waals surface area contributed by atoms with E-state index >= 15 is 0 Å². The number of hydrogen-bond acceptors (Lipinski definition) is 2. The molecular weight excluding hydrogens is 252 g/mol. The van der Waals surface area contributed by atoms with Crippen molar-refractivity contribution in [2.75, 3.05) is 0 Å². The van der Waals surface area contributed by atoms with Gasteiger partial charge in [0.25, 0.3) is 0 Å². The molecule has 0 fully saturated rings. The summed E-state index contributed by atoms with van der Waals surface area (Å²) in [6.07, 6.45) is 4.32. The minimum atomic E-state index is -1.39. The lowest BCUT2D eigenvalue weighted by Crippen LogP contribution is -2.39. The molecule has 0 amide bonds. The standard InChI is InChI=1S/C9H9BrO4/c1-9(8(13)14)4-5(10)2-3-6(9)7(11)12/h2-4,6H,1H3,(H,11,12)(H,13,14). The van der Waals surface area contributed by atoms with E-state index in [1.807, 2.05) is 0 Å². The van der Waals surface area contributed by atoms with E-state index in [1.54, 1.807) is 6.08 Å². The molecule has 4 nitrogen and oxygen atoms in total. The molecule has 0 saturated carbocycles. The lowest BCUT2D eigenvalue weighted by Gasteiger charge is -2.28. The summed E-state index contributed by atoms with van der Waals surface area (Å²) < 4.78 is 0.583. The third-order valence-corrected chi connectivity index (χ3v) is 2.75. The largest absolute Gasteiger partial charge is 0.481 e. The van der Waals surface area contributed by atoms with E-state index in [-0.39, 0.29) is 0 Å². The maximum Gasteiger partial charge on any atom is 0.314 e. The molecule has 0 spiro atoms. The lowest BCUT2D eigenvalue weighted by molar-refractivity contribution is -0.155. The zero-order valence-corrected chi connectivity index (χ0v) is 8.98. The van der Waals surface area contributed by atoms with Gasteiger partial charge in [0.15, 0.2) is 0 Å². The van der Waals surface area contributed by atoms with Gasteiger partial charge in [0.2, 0.25) is 0 Å². The van der Waals surface area contributed by atoms with Crippen LogP contribution in [0.4, 0.5) is 0 Å². The van der Waals surface area contributed by atoms with Crippen molar-refractivity contribution >= 4 is 27.9 Å². The predicted octanol–water partition coefficient (Wildman–Crippen LogP) is 1.63. The Balaban J connectivity index is 3.17. The van der Waals surface area contributed by atoms with E-state index in [2.05, 4.69) is 15.9 Å². The first kappa shape index (κ1) is 11.0. The van der Waals surface area contributed by atoms with Gasteiger partial charge in [-0.05, 0) is 6.92 Å². The first-order valence-corrected chi connectivity index (χ1v) is 4.70. The molecule has 0 aromatic carbocycles. The van der Waals surface area contributed by atoms with Crippen molar-refractivity contribution in [2.45, 2.75) is 6.92 Å². The molecule has 14 heavy (non-hydrogen) atoms. The Hall–Kier alpha value is -1.10. The van der Waals surface area contributed by atoms with Crippen molar-refractivity contribution in [1.29, 1.82) is 0 Å². The Bertz CT molecular complexity index is 345. The van der Waals surface area contributed by atoms with E-state index in [0.29, 0.717) is 4.48 Å². The number of halogens is 1. The van der Waals surface area contributed by atoms with Gasteiger partial charge in [0.1, 0.15) is 5.41 Å². The van der Waals surface area contributed by atoms with Gasteiger partial charge in [-0.25, -0.2) is 0 Å². The zero-order valence-electron chi connectivity index (χ0n) is 7.40. The normalized spacial score (nSPS) is 31.0. The molecule has 2 unspecified atom stereocenters. The number of aliphatic carboxylic acids is 2. The predicted molar refractivity (Wildman–Crippen MR) is 53.0 cm³/mol. The average molecular weight is 261 g/mol. The number of carbonyl (C=O) groups is 2. The summed E-state index contributed by atoms with van der Waals surface area (Å²) in [5.41, 5.74) is -1.39. The quantitative estimate of drug-likeness (QED) is 0.792. The van der Waals surface area contributed by atoms with Gasteiger partial charge in [0, 0.05) is 4.48 Å². The van der Waals surface area contributed by atoms with Crippen molar-refractivity contribution in [3.8, 4) is 0 Å². The van der Waals surface area contributed by atoms with Crippen molar-refractivity contribution in [2.24, 2.45) is 11.3 Å². The highest BCUT2D eigenvalue weighted by Gasteiger charge is 2.44. The van der Waals surface area contributed by atoms with Crippen LogP contribution in [0.1, 0.15) is 6.92 Å². The van der Waals surface area contributed by atoms with Crippen LogP contribution in [0, 0.1) is 11.3 Å². The van der Waals surface area contributed by atoms with Gasteiger partial charge in [-0.2, -0.15) is 0 Å². The van der Waals surface area contributed by atoms with Gasteiger partial charge in [-0.15, -0.1) is 0 Å².